The molecule has 1 aliphatic heterocycles. The van der Waals surface area contributed by atoms with E-state index >= 15 is 0 Å². The predicted molar refractivity (Wildman–Crippen MR) is 272 cm³/mol. The molecule has 10 atom stereocenters. The Kier molecular flexibility index (Phi) is 29.5. The van der Waals surface area contributed by atoms with Crippen LogP contribution < -0.4 is 72.0 Å². The van der Waals surface area contributed by atoms with Crippen molar-refractivity contribution in [3.05, 3.63) is 18.2 Å². The summed E-state index contributed by atoms with van der Waals surface area (Å²) >= 11 is 0. The van der Waals surface area contributed by atoms with E-state index < -0.39 is 127 Å². The van der Waals surface area contributed by atoms with E-state index in [1.54, 1.807) is 6.92 Å². The van der Waals surface area contributed by atoms with E-state index in [2.05, 4.69) is 46.9 Å². The van der Waals surface area contributed by atoms with Gasteiger partial charge in [-0.1, -0.05) is 6.42 Å². The topological polar surface area (TPSA) is 493 Å². The number of carbonyl (C=O) groups excluding carboxylic acids is 8. The largest absolute Gasteiger partial charge is 0.481 e. The highest BCUT2D eigenvalue weighted by Gasteiger charge is 2.43. The molecule has 1 unspecified atom stereocenters. The molecule has 7 amide bonds. The Balaban J connectivity index is 2.21. The van der Waals surface area contributed by atoms with Crippen molar-refractivity contribution in [1.82, 2.24) is 46.8 Å². The summed E-state index contributed by atoms with van der Waals surface area (Å²) < 4.78 is 0. The zero-order chi connectivity index (χ0) is 55.3. The van der Waals surface area contributed by atoms with Gasteiger partial charge in [-0.25, -0.2) is 4.98 Å². The summed E-state index contributed by atoms with van der Waals surface area (Å²) in [7, 11) is 0. The number of unbranched alkanes of at least 4 members (excludes halogenated alkanes) is 2. The third kappa shape index (κ3) is 22.4. The van der Waals surface area contributed by atoms with E-state index in [0.29, 0.717) is 57.3 Å². The maximum Gasteiger partial charge on any atom is 0.306 e. The van der Waals surface area contributed by atoms with Gasteiger partial charge in [0.25, 0.3) is 0 Å². The third-order valence-corrected chi connectivity index (χ3v) is 12.6. The summed E-state index contributed by atoms with van der Waals surface area (Å²) in [4.78, 5) is 133. The minimum atomic E-state index is -1.56. The van der Waals surface area contributed by atoms with Gasteiger partial charge in [-0.05, 0) is 111 Å². The first-order valence-electron chi connectivity index (χ1n) is 25.3. The number of aromatic amines is 1. The molecule has 23 N–H and O–H groups in total. The zero-order valence-electron chi connectivity index (χ0n) is 42.7. The van der Waals surface area contributed by atoms with Crippen LogP contribution in [0.3, 0.4) is 0 Å². The number of aliphatic imine (C=N–C) groups is 1. The molecule has 0 aromatic carbocycles. The third-order valence-electron chi connectivity index (χ3n) is 12.6. The highest BCUT2D eigenvalue weighted by molar-refractivity contribution is 5.97. The Hall–Kier alpha value is -6.33. The van der Waals surface area contributed by atoms with E-state index in [-0.39, 0.29) is 76.8 Å². The van der Waals surface area contributed by atoms with Crippen LogP contribution in [0.1, 0.15) is 109 Å². The van der Waals surface area contributed by atoms with Crippen LogP contribution in [0.4, 0.5) is 0 Å². The number of aliphatic carboxylic acids is 1. The lowest BCUT2D eigenvalue weighted by Crippen LogP contribution is -2.60. The van der Waals surface area contributed by atoms with E-state index in [0.717, 1.165) is 0 Å². The van der Waals surface area contributed by atoms with Crippen LogP contribution >= 0.6 is 0 Å². The molecule has 0 saturated carbocycles. The molecule has 2 rings (SSSR count). The number of carboxylic acids is 1. The first-order valence-corrected chi connectivity index (χ1v) is 25.3. The lowest BCUT2D eigenvalue weighted by atomic mass is 9.93. The van der Waals surface area contributed by atoms with Crippen LogP contribution in [-0.2, 0) is 49.6 Å². The number of imidazole rings is 1. The molecule has 1 aromatic heterocycles. The van der Waals surface area contributed by atoms with Crippen molar-refractivity contribution in [2.24, 2.45) is 51.0 Å². The van der Waals surface area contributed by atoms with Crippen molar-refractivity contribution in [2.75, 3.05) is 39.3 Å². The van der Waals surface area contributed by atoms with E-state index in [4.69, 9.17) is 40.1 Å². The summed E-state index contributed by atoms with van der Waals surface area (Å²) in [6.45, 7) is 3.07. The minimum Gasteiger partial charge on any atom is -0.481 e. The summed E-state index contributed by atoms with van der Waals surface area (Å²) in [6.07, 6.45) is 5.22. The number of amides is 7. The Morgan fingerprint density at radius 3 is 2.04 bits per heavy atom. The molecule has 1 aromatic rings. The van der Waals surface area contributed by atoms with Gasteiger partial charge in [0.2, 0.25) is 41.4 Å². The van der Waals surface area contributed by atoms with Crippen molar-refractivity contribution in [3.63, 3.8) is 0 Å². The Morgan fingerprint density at radius 2 is 1.43 bits per heavy atom. The van der Waals surface area contributed by atoms with Gasteiger partial charge in [-0.2, -0.15) is 0 Å². The summed E-state index contributed by atoms with van der Waals surface area (Å²) in [5, 5.41) is 35.6. The number of carbonyl (C=O) groups is 9. The van der Waals surface area contributed by atoms with Crippen LogP contribution in [0.25, 0.3) is 0 Å². The van der Waals surface area contributed by atoms with Crippen LogP contribution in [0.15, 0.2) is 17.5 Å². The standard InChI is InChI=1S/C46H83N17O11/c1-26-13-15-34(42(70)61-33(21-29-23-54-25-57-29)41(69)60-31(11-4-6-18-48)35(64)16-14-28(45(73)74)9-8-20-55-46(52)53)63(26)44(72)32(12-7-19-49)59-37(66)24-56-39(67)27(2)58-43(71)38(36(65)22-50)62-40(68)30(51)10-3-5-17-47/h23,25-28,30-34,36,38,65H,3-22,24,47-51H2,1-2H3,(H,54,57)(H,56,67)(H,58,71)(H,59,66)(H,60,69)(H,61,70)(H,62,68)(H,73,74)(H4,52,53,55)/t26-,27-,28?,30-,31-,32+,33-,34-,36-,38-/m0/s1. The molecule has 2 heterocycles. The number of carboxylic acid groups (broad SMARTS) is 1. The maximum absolute atomic E-state index is 14.4. The van der Waals surface area contributed by atoms with Crippen molar-refractivity contribution >= 4 is 59.1 Å². The number of hydrogen-bond donors (Lipinski definition) is 16. The lowest BCUT2D eigenvalue weighted by Gasteiger charge is -2.33. The number of aliphatic hydroxyl groups is 1. The molecule has 0 bridgehead atoms. The van der Waals surface area contributed by atoms with Gasteiger partial charge in [0.1, 0.15) is 30.2 Å². The normalized spacial score (nSPS) is 17.5. The van der Waals surface area contributed by atoms with Crippen LogP contribution in [0, 0.1) is 5.92 Å². The van der Waals surface area contributed by atoms with Crippen molar-refractivity contribution in [3.8, 4) is 0 Å². The van der Waals surface area contributed by atoms with Crippen LogP contribution in [0.5, 0.6) is 0 Å². The monoisotopic (exact) mass is 1050 g/mol. The Morgan fingerprint density at radius 1 is 0.770 bits per heavy atom. The van der Waals surface area contributed by atoms with Crippen LogP contribution in [-0.4, -0.2) is 178 Å². The number of hydrogen-bond acceptors (Lipinski definition) is 17. The second-order valence-electron chi connectivity index (χ2n) is 18.5. The molecule has 28 heteroatoms. The minimum absolute atomic E-state index is 0.00305. The van der Waals surface area contributed by atoms with Crippen molar-refractivity contribution in [2.45, 2.75) is 165 Å². The maximum atomic E-state index is 14.4. The fraction of sp³-hybridized carbons (Fsp3) is 0.717. The molecule has 0 aliphatic carbocycles. The first kappa shape index (κ1) is 63.8. The molecule has 1 fully saturated rings. The second kappa shape index (κ2) is 34.2. The number of nitrogens with two attached hydrogens (primary N) is 7. The molecule has 418 valence electrons. The zero-order valence-corrected chi connectivity index (χ0v) is 42.7. The fourth-order valence-electron chi connectivity index (χ4n) is 8.28. The lowest BCUT2D eigenvalue weighted by molar-refractivity contribution is -0.144. The number of likely N-dealkylation sites (tertiary alicyclic amines) is 1. The van der Waals surface area contributed by atoms with Gasteiger partial charge < -0.3 is 92.1 Å². The van der Waals surface area contributed by atoms with Crippen molar-refractivity contribution < 1.29 is 53.4 Å². The van der Waals surface area contributed by atoms with Gasteiger partial charge in [0.15, 0.2) is 11.7 Å². The SMILES string of the molecule is C[C@H](NC(=O)[C@@H](NC(=O)[C@@H](N)CCCCN)[C@@H](O)CN)C(=O)NCC(=O)N[C@H](CCCN)C(=O)N1[C@@H](C)CC[C@H]1C(=O)N[C@@H](Cc1cnc[nH]1)C(=O)N[C@@H](CCCCN)C(=O)CCC(CCCN=C(N)N)C(=O)O. The average molecular weight is 1050 g/mol. The van der Waals surface area contributed by atoms with Gasteiger partial charge in [-0.3, -0.25) is 48.1 Å². The number of ketones is 1. The molecular formula is C46H83N17O11. The molecule has 74 heavy (non-hydrogen) atoms. The average Bonchev–Trinajstić information content (AvgIpc) is 4.03. The quantitative estimate of drug-likeness (QED) is 0.0168. The Bertz CT molecular complexity index is 1990. The highest BCUT2D eigenvalue weighted by Crippen LogP contribution is 2.26. The summed E-state index contributed by atoms with van der Waals surface area (Å²) in [5.74, 6) is -7.79. The number of aromatic nitrogens is 2. The molecule has 1 aliphatic rings. The second-order valence-corrected chi connectivity index (χ2v) is 18.5. The van der Waals surface area contributed by atoms with Gasteiger partial charge in [-0.15, -0.1) is 0 Å². The molecule has 0 radical (unpaired) electrons. The van der Waals surface area contributed by atoms with Crippen molar-refractivity contribution in [1.29, 1.82) is 0 Å². The number of Topliss-reactive ketones (excluding diaryl/α,β-unsaturated/α-hetero) is 1. The molecule has 0 spiro atoms. The summed E-state index contributed by atoms with van der Waals surface area (Å²) in [6, 6.07) is -8.97. The fourth-order valence-corrected chi connectivity index (χ4v) is 8.28. The predicted octanol–water partition coefficient (Wildman–Crippen LogP) is -5.36. The first-order chi connectivity index (χ1) is 35.2. The number of H-pyrrole nitrogens is 1. The Labute approximate surface area is 431 Å². The summed E-state index contributed by atoms with van der Waals surface area (Å²) in [5.41, 5.74) is 39.7. The number of nitrogens with zero attached hydrogens (tertiary/aromatic N) is 3. The number of guanidine groups is 1. The van der Waals surface area contributed by atoms with Gasteiger partial charge >= 0.3 is 5.97 Å². The van der Waals surface area contributed by atoms with E-state index in [1.165, 1.54) is 24.3 Å². The van der Waals surface area contributed by atoms with Crippen LogP contribution in [0.2, 0.25) is 0 Å². The molecular weight excluding hydrogens is 967 g/mol. The van der Waals surface area contributed by atoms with Gasteiger partial charge in [0.05, 0.1) is 37.0 Å². The number of aliphatic hydroxyl groups excluding tert-OH is 1. The molecule has 28 nitrogen and oxygen atoms in total. The van der Waals surface area contributed by atoms with Gasteiger partial charge in [0, 0.05) is 43.9 Å². The smallest absolute Gasteiger partial charge is 0.306 e. The van der Waals surface area contributed by atoms with E-state index in [1.807, 2.05) is 0 Å². The number of rotatable bonds is 37. The molecule has 1 saturated heterocycles. The van der Waals surface area contributed by atoms with E-state index in [9.17, 15) is 53.4 Å². The number of nitrogens with one attached hydrogen (secondary N) is 7. The highest BCUT2D eigenvalue weighted by atomic mass is 16.4.